The molecule has 112 valence electrons. The van der Waals surface area contributed by atoms with Crippen molar-refractivity contribution < 1.29 is 4.74 Å². The summed E-state index contributed by atoms with van der Waals surface area (Å²) in [6, 6.07) is 6.71. The second-order valence-corrected chi connectivity index (χ2v) is 5.65. The van der Waals surface area contributed by atoms with Crippen LogP contribution in [0.1, 0.15) is 27.2 Å². The Morgan fingerprint density at radius 1 is 1.20 bits per heavy atom. The van der Waals surface area contributed by atoms with Gasteiger partial charge in [0.2, 0.25) is 0 Å². The zero-order chi connectivity index (χ0) is 14.5. The molecule has 0 radical (unpaired) electrons. The number of piperazine rings is 1. The van der Waals surface area contributed by atoms with Crippen molar-refractivity contribution in [2.24, 2.45) is 0 Å². The van der Waals surface area contributed by atoms with Gasteiger partial charge in [0.05, 0.1) is 18.0 Å². The minimum absolute atomic E-state index is 0.619. The maximum atomic E-state index is 6.27. The Labute approximate surface area is 122 Å². The van der Waals surface area contributed by atoms with Crippen LogP contribution in [-0.4, -0.2) is 43.7 Å². The van der Waals surface area contributed by atoms with Gasteiger partial charge in [-0.25, -0.2) is 0 Å². The van der Waals surface area contributed by atoms with Gasteiger partial charge in [-0.15, -0.1) is 0 Å². The van der Waals surface area contributed by atoms with Crippen molar-refractivity contribution in [3.63, 3.8) is 0 Å². The molecule has 0 spiro atoms. The maximum absolute atomic E-state index is 6.27. The normalized spacial score (nSPS) is 16.7. The maximum Gasteiger partial charge on any atom is 0.144 e. The van der Waals surface area contributed by atoms with E-state index in [1.54, 1.807) is 0 Å². The van der Waals surface area contributed by atoms with Gasteiger partial charge >= 0.3 is 0 Å². The first-order valence-corrected chi connectivity index (χ1v) is 7.63. The molecule has 0 amide bonds. The number of para-hydroxylation sites is 1. The Kier molecular flexibility index (Phi) is 5.12. The summed E-state index contributed by atoms with van der Waals surface area (Å²) >= 11 is 0. The van der Waals surface area contributed by atoms with Gasteiger partial charge in [0.25, 0.3) is 0 Å². The van der Waals surface area contributed by atoms with Crippen molar-refractivity contribution in [1.29, 1.82) is 0 Å². The number of anilines is 2. The van der Waals surface area contributed by atoms with Gasteiger partial charge in [0, 0.05) is 32.2 Å². The number of rotatable bonds is 5. The first-order chi connectivity index (χ1) is 9.63. The minimum atomic E-state index is 0.619. The summed E-state index contributed by atoms with van der Waals surface area (Å²) in [7, 11) is 0. The van der Waals surface area contributed by atoms with Gasteiger partial charge in [0.15, 0.2) is 0 Å². The molecule has 1 saturated heterocycles. The summed E-state index contributed by atoms with van der Waals surface area (Å²) in [4.78, 5) is 4.87. The molecule has 1 aromatic rings. The van der Waals surface area contributed by atoms with E-state index in [1.165, 1.54) is 0 Å². The van der Waals surface area contributed by atoms with Crippen molar-refractivity contribution >= 4 is 11.4 Å². The van der Waals surface area contributed by atoms with Crippen molar-refractivity contribution in [3.05, 3.63) is 18.2 Å². The molecular weight excluding hydrogens is 250 g/mol. The van der Waals surface area contributed by atoms with Crippen molar-refractivity contribution in [3.8, 4) is 5.75 Å². The van der Waals surface area contributed by atoms with Crippen LogP contribution in [0.4, 0.5) is 11.4 Å². The predicted molar refractivity (Wildman–Crippen MR) is 85.6 cm³/mol. The molecule has 0 aliphatic carbocycles. The van der Waals surface area contributed by atoms with E-state index in [-0.39, 0.29) is 0 Å². The minimum Gasteiger partial charge on any atom is -0.491 e. The van der Waals surface area contributed by atoms with Crippen LogP contribution in [0.25, 0.3) is 0 Å². The van der Waals surface area contributed by atoms with Gasteiger partial charge in [-0.3, -0.25) is 4.90 Å². The lowest BCUT2D eigenvalue weighted by molar-refractivity contribution is 0.209. The van der Waals surface area contributed by atoms with Crippen LogP contribution in [0.3, 0.4) is 0 Å². The van der Waals surface area contributed by atoms with Gasteiger partial charge in [-0.1, -0.05) is 13.0 Å². The number of hydrogen-bond donors (Lipinski definition) is 1. The summed E-state index contributed by atoms with van der Waals surface area (Å²) in [5.41, 5.74) is 8.16. The highest BCUT2D eigenvalue weighted by atomic mass is 16.5. The Morgan fingerprint density at radius 3 is 2.50 bits per heavy atom. The van der Waals surface area contributed by atoms with Crippen molar-refractivity contribution in [2.45, 2.75) is 33.2 Å². The quantitative estimate of drug-likeness (QED) is 0.840. The molecule has 1 aromatic carbocycles. The Balaban J connectivity index is 2.06. The molecular formula is C16H27N3O. The summed E-state index contributed by atoms with van der Waals surface area (Å²) < 4.78 is 5.71. The number of nitrogens with two attached hydrogens (primary N) is 1. The molecule has 4 nitrogen and oxygen atoms in total. The van der Waals surface area contributed by atoms with Crippen LogP contribution in [0, 0.1) is 0 Å². The van der Waals surface area contributed by atoms with Gasteiger partial charge in [0.1, 0.15) is 5.75 Å². The van der Waals surface area contributed by atoms with Crippen LogP contribution >= 0.6 is 0 Å². The van der Waals surface area contributed by atoms with Crippen molar-refractivity contribution in [2.75, 3.05) is 43.4 Å². The molecule has 1 aliphatic rings. The van der Waals surface area contributed by atoms with Crippen LogP contribution in [-0.2, 0) is 0 Å². The largest absolute Gasteiger partial charge is 0.491 e. The second kappa shape index (κ2) is 6.84. The third-order valence-corrected chi connectivity index (χ3v) is 3.89. The molecule has 4 heteroatoms. The number of nitrogens with zero attached hydrogens (tertiary/aromatic N) is 2. The highest BCUT2D eigenvalue weighted by Gasteiger charge is 2.21. The van der Waals surface area contributed by atoms with Crippen LogP contribution < -0.4 is 15.4 Å². The topological polar surface area (TPSA) is 41.7 Å². The van der Waals surface area contributed by atoms with Crippen LogP contribution in [0.15, 0.2) is 18.2 Å². The highest BCUT2D eigenvalue weighted by Crippen LogP contribution is 2.33. The van der Waals surface area contributed by atoms with Gasteiger partial charge in [-0.05, 0) is 32.4 Å². The Hall–Kier alpha value is -1.42. The molecule has 20 heavy (non-hydrogen) atoms. The fourth-order valence-electron chi connectivity index (χ4n) is 2.63. The molecule has 0 saturated carbocycles. The van der Waals surface area contributed by atoms with E-state index in [9.17, 15) is 0 Å². The van der Waals surface area contributed by atoms with E-state index in [2.05, 4.69) is 36.6 Å². The molecule has 2 N–H and O–H groups in total. The van der Waals surface area contributed by atoms with E-state index < -0.39 is 0 Å². The molecule has 0 atom stereocenters. The van der Waals surface area contributed by atoms with E-state index in [0.717, 1.165) is 56.3 Å². The van der Waals surface area contributed by atoms with Crippen LogP contribution in [0.5, 0.6) is 5.75 Å². The standard InChI is InChI=1S/C16H27N3O/c1-4-12-20-15-7-5-6-14(16(15)17)19-10-8-18(9-11-19)13(2)3/h5-7,13H,4,8-12,17H2,1-3H3. The monoisotopic (exact) mass is 277 g/mol. The molecule has 0 bridgehead atoms. The third-order valence-electron chi connectivity index (χ3n) is 3.89. The fourth-order valence-corrected chi connectivity index (χ4v) is 2.63. The lowest BCUT2D eigenvalue weighted by atomic mass is 10.2. The number of benzene rings is 1. The van der Waals surface area contributed by atoms with Crippen LogP contribution in [0.2, 0.25) is 0 Å². The van der Waals surface area contributed by atoms with Crippen molar-refractivity contribution in [1.82, 2.24) is 4.90 Å². The van der Waals surface area contributed by atoms with Gasteiger partial charge < -0.3 is 15.4 Å². The first-order valence-electron chi connectivity index (χ1n) is 7.63. The highest BCUT2D eigenvalue weighted by molar-refractivity contribution is 5.74. The van der Waals surface area contributed by atoms with E-state index in [0.29, 0.717) is 6.04 Å². The summed E-state index contributed by atoms with van der Waals surface area (Å²) in [5, 5.41) is 0. The molecule has 0 unspecified atom stereocenters. The lowest BCUT2D eigenvalue weighted by Gasteiger charge is -2.38. The average molecular weight is 277 g/mol. The molecule has 1 fully saturated rings. The third kappa shape index (κ3) is 3.37. The predicted octanol–water partition coefficient (Wildman–Crippen LogP) is 2.59. The smallest absolute Gasteiger partial charge is 0.144 e. The molecule has 2 rings (SSSR count). The summed E-state index contributed by atoms with van der Waals surface area (Å²) in [5.74, 6) is 0.815. The molecule has 1 heterocycles. The summed E-state index contributed by atoms with van der Waals surface area (Å²) in [6.07, 6.45) is 0.997. The second-order valence-electron chi connectivity index (χ2n) is 5.65. The van der Waals surface area contributed by atoms with E-state index in [1.807, 2.05) is 12.1 Å². The SMILES string of the molecule is CCCOc1cccc(N2CCN(C(C)C)CC2)c1N. The fraction of sp³-hybridized carbons (Fsp3) is 0.625. The number of ether oxygens (including phenoxy) is 1. The van der Waals surface area contributed by atoms with E-state index >= 15 is 0 Å². The molecule has 1 aliphatic heterocycles. The zero-order valence-electron chi connectivity index (χ0n) is 12.9. The van der Waals surface area contributed by atoms with Gasteiger partial charge in [-0.2, -0.15) is 0 Å². The molecule has 0 aromatic heterocycles. The first kappa shape index (κ1) is 15.0. The zero-order valence-corrected chi connectivity index (χ0v) is 12.9. The Bertz CT molecular complexity index is 426. The lowest BCUT2D eigenvalue weighted by Crippen LogP contribution is -2.49. The number of nitrogen functional groups attached to an aromatic ring is 1. The Morgan fingerprint density at radius 2 is 1.90 bits per heavy atom. The van der Waals surface area contributed by atoms with E-state index in [4.69, 9.17) is 10.5 Å². The number of hydrogen-bond acceptors (Lipinski definition) is 4. The average Bonchev–Trinajstić information content (AvgIpc) is 2.46. The summed E-state index contributed by atoms with van der Waals surface area (Å²) in [6.45, 7) is 11.6.